The number of carbonyl (C=O) groups excluding carboxylic acids is 1. The predicted octanol–water partition coefficient (Wildman–Crippen LogP) is 1.39. The Morgan fingerprint density at radius 2 is 1.90 bits per heavy atom. The van der Waals surface area contributed by atoms with E-state index in [1.165, 1.54) is 18.2 Å². The van der Waals surface area contributed by atoms with Crippen LogP contribution in [0.4, 0.5) is 13.2 Å². The van der Waals surface area contributed by atoms with Crippen molar-refractivity contribution in [2.75, 3.05) is 13.3 Å². The highest BCUT2D eigenvalue weighted by molar-refractivity contribution is 5.85. The SMILES string of the molecule is O=C(O)CN(Cc1ccc2c(c1)OCO2)C(=O)C(F)(F)F. The summed E-state index contributed by atoms with van der Waals surface area (Å²) in [4.78, 5) is 22.0. The molecule has 0 atom stereocenters. The first-order valence-electron chi connectivity index (χ1n) is 5.74. The van der Waals surface area contributed by atoms with Gasteiger partial charge in [-0.25, -0.2) is 0 Å². The number of benzene rings is 1. The van der Waals surface area contributed by atoms with Gasteiger partial charge in [-0.3, -0.25) is 9.59 Å². The zero-order valence-corrected chi connectivity index (χ0v) is 10.5. The van der Waals surface area contributed by atoms with Crippen molar-refractivity contribution in [1.82, 2.24) is 4.90 Å². The first-order valence-corrected chi connectivity index (χ1v) is 5.74. The maximum absolute atomic E-state index is 12.4. The van der Waals surface area contributed by atoms with E-state index in [2.05, 4.69) is 0 Å². The van der Waals surface area contributed by atoms with Gasteiger partial charge in [0.15, 0.2) is 11.5 Å². The first-order chi connectivity index (χ1) is 9.77. The number of aliphatic carboxylic acids is 1. The molecule has 0 saturated carbocycles. The number of rotatable bonds is 4. The van der Waals surface area contributed by atoms with Gasteiger partial charge in [0, 0.05) is 6.54 Å². The average Bonchev–Trinajstić information content (AvgIpc) is 2.82. The van der Waals surface area contributed by atoms with Crippen molar-refractivity contribution < 1.29 is 37.3 Å². The van der Waals surface area contributed by atoms with Gasteiger partial charge in [0.1, 0.15) is 6.54 Å². The number of carbonyl (C=O) groups is 2. The Morgan fingerprint density at radius 3 is 2.52 bits per heavy atom. The van der Waals surface area contributed by atoms with Gasteiger partial charge in [-0.1, -0.05) is 6.07 Å². The lowest BCUT2D eigenvalue weighted by Crippen LogP contribution is -2.43. The Hall–Kier alpha value is -2.45. The maximum atomic E-state index is 12.4. The molecule has 0 bridgehead atoms. The van der Waals surface area contributed by atoms with E-state index in [-0.39, 0.29) is 11.7 Å². The normalized spacial score (nSPS) is 13.1. The molecule has 1 N–H and O–H groups in total. The Kier molecular flexibility index (Phi) is 3.92. The smallest absolute Gasteiger partial charge is 0.471 e. The summed E-state index contributed by atoms with van der Waals surface area (Å²) in [6.45, 7) is -1.55. The average molecular weight is 305 g/mol. The van der Waals surface area contributed by atoms with E-state index in [4.69, 9.17) is 14.6 Å². The van der Waals surface area contributed by atoms with Gasteiger partial charge in [-0.05, 0) is 17.7 Å². The van der Waals surface area contributed by atoms with Crippen LogP contribution in [0.2, 0.25) is 0 Å². The van der Waals surface area contributed by atoms with Crippen molar-refractivity contribution in [1.29, 1.82) is 0 Å². The summed E-state index contributed by atoms with van der Waals surface area (Å²) in [6.07, 6.45) is -5.13. The molecule has 2 rings (SSSR count). The number of hydrogen-bond acceptors (Lipinski definition) is 4. The minimum Gasteiger partial charge on any atom is -0.480 e. The molecular weight excluding hydrogens is 295 g/mol. The van der Waals surface area contributed by atoms with Gasteiger partial charge < -0.3 is 19.5 Å². The Labute approximate surface area is 116 Å². The summed E-state index contributed by atoms with van der Waals surface area (Å²) >= 11 is 0. The molecule has 1 aliphatic heterocycles. The third kappa shape index (κ3) is 3.56. The molecule has 21 heavy (non-hydrogen) atoms. The zero-order chi connectivity index (χ0) is 15.6. The van der Waals surface area contributed by atoms with Crippen molar-refractivity contribution >= 4 is 11.9 Å². The van der Waals surface area contributed by atoms with Gasteiger partial charge in [0.05, 0.1) is 0 Å². The van der Waals surface area contributed by atoms with Crippen LogP contribution < -0.4 is 9.47 Å². The highest BCUT2D eigenvalue weighted by atomic mass is 19.4. The summed E-state index contributed by atoms with van der Waals surface area (Å²) in [6, 6.07) is 4.32. The monoisotopic (exact) mass is 305 g/mol. The van der Waals surface area contributed by atoms with E-state index in [1.54, 1.807) is 0 Å². The van der Waals surface area contributed by atoms with Crippen LogP contribution in [0.1, 0.15) is 5.56 Å². The van der Waals surface area contributed by atoms with Crippen LogP contribution in [-0.2, 0) is 16.1 Å². The van der Waals surface area contributed by atoms with Crippen LogP contribution in [0.5, 0.6) is 11.5 Å². The maximum Gasteiger partial charge on any atom is 0.471 e. The number of hydrogen-bond donors (Lipinski definition) is 1. The highest BCUT2D eigenvalue weighted by Gasteiger charge is 2.43. The third-order valence-electron chi connectivity index (χ3n) is 2.67. The lowest BCUT2D eigenvalue weighted by Gasteiger charge is -2.22. The number of fused-ring (bicyclic) bond motifs is 1. The van der Waals surface area contributed by atoms with Gasteiger partial charge in [-0.15, -0.1) is 0 Å². The van der Waals surface area contributed by atoms with E-state index in [0.717, 1.165) is 0 Å². The third-order valence-corrected chi connectivity index (χ3v) is 2.67. The molecule has 114 valence electrons. The van der Waals surface area contributed by atoms with E-state index in [9.17, 15) is 22.8 Å². The molecule has 1 aromatic rings. The predicted molar refractivity (Wildman–Crippen MR) is 61.7 cm³/mol. The second-order valence-electron chi connectivity index (χ2n) is 4.24. The molecule has 1 heterocycles. The lowest BCUT2D eigenvalue weighted by atomic mass is 10.2. The lowest BCUT2D eigenvalue weighted by molar-refractivity contribution is -0.187. The van der Waals surface area contributed by atoms with Crippen LogP contribution in [-0.4, -0.2) is 41.4 Å². The summed E-state index contributed by atoms with van der Waals surface area (Å²) in [7, 11) is 0. The number of halogens is 3. The Morgan fingerprint density at radius 1 is 1.24 bits per heavy atom. The fourth-order valence-corrected chi connectivity index (χ4v) is 1.80. The number of amides is 1. The zero-order valence-electron chi connectivity index (χ0n) is 10.5. The number of ether oxygens (including phenoxy) is 2. The number of carboxylic acids is 1. The van der Waals surface area contributed by atoms with Gasteiger partial charge >= 0.3 is 18.1 Å². The minimum atomic E-state index is -5.13. The molecule has 0 saturated heterocycles. The van der Waals surface area contributed by atoms with Crippen molar-refractivity contribution in [3.63, 3.8) is 0 Å². The molecule has 1 aliphatic rings. The molecule has 1 aromatic carbocycles. The minimum absolute atomic E-state index is 0.000884. The summed E-state index contributed by atoms with van der Waals surface area (Å²) in [5.41, 5.74) is 0.304. The van der Waals surface area contributed by atoms with E-state index >= 15 is 0 Å². The molecule has 0 aromatic heterocycles. The topological polar surface area (TPSA) is 76.1 Å². The van der Waals surface area contributed by atoms with Crippen LogP contribution in [0.15, 0.2) is 18.2 Å². The number of alkyl halides is 3. The van der Waals surface area contributed by atoms with Gasteiger partial charge in [0.2, 0.25) is 6.79 Å². The molecule has 9 heteroatoms. The van der Waals surface area contributed by atoms with Crippen LogP contribution in [0.3, 0.4) is 0 Å². The fourth-order valence-electron chi connectivity index (χ4n) is 1.80. The molecule has 6 nitrogen and oxygen atoms in total. The second-order valence-corrected chi connectivity index (χ2v) is 4.24. The standard InChI is InChI=1S/C12H10F3NO5/c13-12(14,15)11(19)16(5-10(17)18)4-7-1-2-8-9(3-7)21-6-20-8/h1-3H,4-6H2,(H,17,18). The molecule has 0 unspecified atom stereocenters. The summed E-state index contributed by atoms with van der Waals surface area (Å²) in [5.74, 6) is -2.97. The van der Waals surface area contributed by atoms with Crippen LogP contribution in [0.25, 0.3) is 0 Å². The summed E-state index contributed by atoms with van der Waals surface area (Å²) < 4.78 is 47.4. The molecule has 0 fully saturated rings. The van der Waals surface area contributed by atoms with E-state index < -0.39 is 31.1 Å². The molecular formula is C12H10F3NO5. The number of nitrogens with zero attached hydrogens (tertiary/aromatic N) is 1. The van der Waals surface area contributed by atoms with Crippen molar-refractivity contribution in [3.05, 3.63) is 23.8 Å². The van der Waals surface area contributed by atoms with E-state index in [0.29, 0.717) is 17.1 Å². The van der Waals surface area contributed by atoms with Crippen molar-refractivity contribution in [2.24, 2.45) is 0 Å². The largest absolute Gasteiger partial charge is 0.480 e. The molecule has 0 spiro atoms. The van der Waals surface area contributed by atoms with Crippen LogP contribution in [0, 0.1) is 0 Å². The molecule has 1 amide bonds. The van der Waals surface area contributed by atoms with Gasteiger partial charge in [0.25, 0.3) is 0 Å². The quantitative estimate of drug-likeness (QED) is 0.909. The molecule has 0 aliphatic carbocycles. The molecule has 0 radical (unpaired) electrons. The summed E-state index contributed by atoms with van der Waals surface area (Å²) in [5, 5.41) is 8.63. The second kappa shape index (κ2) is 5.51. The van der Waals surface area contributed by atoms with E-state index in [1.807, 2.05) is 0 Å². The van der Waals surface area contributed by atoms with Gasteiger partial charge in [-0.2, -0.15) is 13.2 Å². The van der Waals surface area contributed by atoms with Crippen molar-refractivity contribution in [3.8, 4) is 11.5 Å². The Bertz CT molecular complexity index is 573. The number of carboxylic acid groups (broad SMARTS) is 1. The van der Waals surface area contributed by atoms with Crippen LogP contribution >= 0.6 is 0 Å². The fraction of sp³-hybridized carbons (Fsp3) is 0.333. The first kappa shape index (κ1) is 14.9. The van der Waals surface area contributed by atoms with Crippen molar-refractivity contribution in [2.45, 2.75) is 12.7 Å². The highest BCUT2D eigenvalue weighted by Crippen LogP contribution is 2.33. The Balaban J connectivity index is 2.18.